The third kappa shape index (κ3) is 3.15. The number of ether oxygens (including phenoxy) is 1. The van der Waals surface area contributed by atoms with Gasteiger partial charge in [0.15, 0.2) is 6.61 Å². The number of amides is 2. The SMILES string of the molecule is CC[C@@]1(C)C(=O)NCCN1C(=O)COc1ccc(F)cc1. The smallest absolute Gasteiger partial charge is 0.261 e. The maximum Gasteiger partial charge on any atom is 0.261 e. The predicted molar refractivity (Wildman–Crippen MR) is 75.3 cm³/mol. The summed E-state index contributed by atoms with van der Waals surface area (Å²) in [5.74, 6) is -0.339. The number of carbonyl (C=O) groups excluding carboxylic acids is 2. The van der Waals surface area contributed by atoms with Crippen molar-refractivity contribution in [2.75, 3.05) is 19.7 Å². The van der Waals surface area contributed by atoms with Crippen LogP contribution >= 0.6 is 0 Å². The van der Waals surface area contributed by atoms with Crippen LogP contribution in [0.15, 0.2) is 24.3 Å². The largest absolute Gasteiger partial charge is 0.484 e. The highest BCUT2D eigenvalue weighted by Gasteiger charge is 2.42. The van der Waals surface area contributed by atoms with Gasteiger partial charge in [0.1, 0.15) is 17.1 Å². The number of benzene rings is 1. The Hall–Kier alpha value is -2.11. The molecule has 1 saturated heterocycles. The van der Waals surface area contributed by atoms with Crippen molar-refractivity contribution in [3.8, 4) is 5.75 Å². The highest BCUT2D eigenvalue weighted by atomic mass is 19.1. The Kier molecular flexibility index (Phi) is 4.45. The molecule has 1 aliphatic heterocycles. The van der Waals surface area contributed by atoms with Crippen LogP contribution in [0.2, 0.25) is 0 Å². The maximum absolute atomic E-state index is 12.8. The van der Waals surface area contributed by atoms with Crippen molar-refractivity contribution < 1.29 is 18.7 Å². The molecular weight excluding hydrogens is 275 g/mol. The summed E-state index contributed by atoms with van der Waals surface area (Å²) in [6, 6.07) is 5.46. The molecule has 0 aliphatic carbocycles. The average molecular weight is 294 g/mol. The number of halogens is 1. The van der Waals surface area contributed by atoms with Crippen LogP contribution in [-0.4, -0.2) is 41.9 Å². The standard InChI is InChI=1S/C15H19FN2O3/c1-3-15(2)14(20)17-8-9-18(15)13(19)10-21-12-6-4-11(16)5-7-12/h4-7H,3,8-10H2,1-2H3,(H,17,20)/t15-/m0/s1. The van der Waals surface area contributed by atoms with E-state index in [2.05, 4.69) is 5.32 Å². The van der Waals surface area contributed by atoms with E-state index in [1.165, 1.54) is 24.3 Å². The molecule has 0 radical (unpaired) electrons. The fraction of sp³-hybridized carbons (Fsp3) is 0.467. The van der Waals surface area contributed by atoms with Crippen molar-refractivity contribution in [1.29, 1.82) is 0 Å². The molecular formula is C15H19FN2O3. The zero-order valence-electron chi connectivity index (χ0n) is 12.2. The molecule has 2 rings (SSSR count). The van der Waals surface area contributed by atoms with Crippen LogP contribution in [0.1, 0.15) is 20.3 Å². The van der Waals surface area contributed by atoms with Gasteiger partial charge in [0, 0.05) is 13.1 Å². The second kappa shape index (κ2) is 6.11. The summed E-state index contributed by atoms with van der Waals surface area (Å²) in [6.45, 7) is 4.34. The van der Waals surface area contributed by atoms with Gasteiger partial charge in [-0.1, -0.05) is 6.92 Å². The molecule has 1 aliphatic rings. The Bertz CT molecular complexity index is 532. The molecule has 1 atom stereocenters. The summed E-state index contributed by atoms with van der Waals surface area (Å²) in [6.07, 6.45) is 0.529. The van der Waals surface area contributed by atoms with E-state index in [-0.39, 0.29) is 24.2 Å². The van der Waals surface area contributed by atoms with Crippen LogP contribution < -0.4 is 10.1 Å². The number of nitrogens with one attached hydrogen (secondary N) is 1. The van der Waals surface area contributed by atoms with E-state index in [4.69, 9.17) is 4.74 Å². The minimum atomic E-state index is -0.846. The van der Waals surface area contributed by atoms with E-state index in [1.807, 2.05) is 6.92 Å². The molecule has 1 fully saturated rings. The number of carbonyl (C=O) groups is 2. The Labute approximate surface area is 123 Å². The number of hydrogen-bond acceptors (Lipinski definition) is 3. The van der Waals surface area contributed by atoms with E-state index in [0.717, 1.165) is 0 Å². The summed E-state index contributed by atoms with van der Waals surface area (Å²) in [5, 5.41) is 2.77. The molecule has 21 heavy (non-hydrogen) atoms. The van der Waals surface area contributed by atoms with Crippen molar-refractivity contribution in [3.05, 3.63) is 30.1 Å². The lowest BCUT2D eigenvalue weighted by atomic mass is 9.93. The van der Waals surface area contributed by atoms with Gasteiger partial charge >= 0.3 is 0 Å². The summed E-state index contributed by atoms with van der Waals surface area (Å²) in [7, 11) is 0. The predicted octanol–water partition coefficient (Wildman–Crippen LogP) is 1.33. The molecule has 0 unspecified atom stereocenters. The van der Waals surface area contributed by atoms with Gasteiger partial charge in [-0.15, -0.1) is 0 Å². The zero-order chi connectivity index (χ0) is 15.5. The van der Waals surface area contributed by atoms with Crippen molar-refractivity contribution in [2.45, 2.75) is 25.8 Å². The van der Waals surface area contributed by atoms with E-state index >= 15 is 0 Å². The van der Waals surface area contributed by atoms with Gasteiger partial charge in [-0.2, -0.15) is 0 Å². The summed E-state index contributed by atoms with van der Waals surface area (Å²) < 4.78 is 18.2. The quantitative estimate of drug-likeness (QED) is 0.911. The monoisotopic (exact) mass is 294 g/mol. The van der Waals surface area contributed by atoms with Gasteiger partial charge in [0.05, 0.1) is 0 Å². The average Bonchev–Trinajstić information content (AvgIpc) is 2.49. The third-order valence-electron chi connectivity index (χ3n) is 3.87. The summed E-state index contributed by atoms with van der Waals surface area (Å²) in [4.78, 5) is 25.8. The third-order valence-corrected chi connectivity index (χ3v) is 3.87. The van der Waals surface area contributed by atoms with Gasteiger partial charge < -0.3 is 15.0 Å². The van der Waals surface area contributed by atoms with Crippen LogP contribution in [0.4, 0.5) is 4.39 Å². The molecule has 5 nitrogen and oxygen atoms in total. The first-order valence-electron chi connectivity index (χ1n) is 6.94. The number of hydrogen-bond donors (Lipinski definition) is 1. The van der Waals surface area contributed by atoms with E-state index in [0.29, 0.717) is 25.3 Å². The zero-order valence-corrected chi connectivity index (χ0v) is 12.2. The fourth-order valence-electron chi connectivity index (χ4n) is 2.35. The molecule has 114 valence electrons. The number of piperazine rings is 1. The van der Waals surface area contributed by atoms with E-state index < -0.39 is 5.54 Å². The Morgan fingerprint density at radius 2 is 2.10 bits per heavy atom. The second-order valence-corrected chi connectivity index (χ2v) is 5.17. The molecule has 0 saturated carbocycles. The molecule has 2 amide bonds. The van der Waals surface area contributed by atoms with E-state index in [9.17, 15) is 14.0 Å². The fourth-order valence-corrected chi connectivity index (χ4v) is 2.35. The van der Waals surface area contributed by atoms with Crippen LogP contribution in [-0.2, 0) is 9.59 Å². The molecule has 1 N–H and O–H groups in total. The Balaban J connectivity index is 2.01. The summed E-state index contributed by atoms with van der Waals surface area (Å²) in [5.41, 5.74) is -0.846. The van der Waals surface area contributed by atoms with Gasteiger partial charge in [0.2, 0.25) is 5.91 Å². The van der Waals surface area contributed by atoms with Gasteiger partial charge in [-0.25, -0.2) is 4.39 Å². The molecule has 1 aromatic rings. The lowest BCUT2D eigenvalue weighted by Crippen LogP contribution is -2.65. The van der Waals surface area contributed by atoms with Crippen LogP contribution in [0.3, 0.4) is 0 Å². The minimum absolute atomic E-state index is 0.147. The van der Waals surface area contributed by atoms with E-state index in [1.54, 1.807) is 11.8 Å². The number of nitrogens with zero attached hydrogens (tertiary/aromatic N) is 1. The van der Waals surface area contributed by atoms with Gasteiger partial charge in [-0.05, 0) is 37.6 Å². The molecule has 1 heterocycles. The van der Waals surface area contributed by atoms with Crippen molar-refractivity contribution >= 4 is 11.8 Å². The first-order valence-corrected chi connectivity index (χ1v) is 6.94. The van der Waals surface area contributed by atoms with Crippen LogP contribution in [0.5, 0.6) is 5.75 Å². The topological polar surface area (TPSA) is 58.6 Å². The first kappa shape index (κ1) is 15.3. The highest BCUT2D eigenvalue weighted by molar-refractivity contribution is 5.92. The normalized spacial score (nSPS) is 21.9. The molecule has 0 aromatic heterocycles. The van der Waals surface area contributed by atoms with Crippen LogP contribution in [0.25, 0.3) is 0 Å². The lowest BCUT2D eigenvalue weighted by Gasteiger charge is -2.43. The second-order valence-electron chi connectivity index (χ2n) is 5.17. The molecule has 0 spiro atoms. The molecule has 6 heteroatoms. The molecule has 0 bridgehead atoms. The Morgan fingerprint density at radius 1 is 1.43 bits per heavy atom. The highest BCUT2D eigenvalue weighted by Crippen LogP contribution is 2.22. The maximum atomic E-state index is 12.8. The van der Waals surface area contributed by atoms with Crippen molar-refractivity contribution in [1.82, 2.24) is 10.2 Å². The van der Waals surface area contributed by atoms with Crippen molar-refractivity contribution in [3.63, 3.8) is 0 Å². The van der Waals surface area contributed by atoms with Crippen LogP contribution in [0, 0.1) is 5.82 Å². The van der Waals surface area contributed by atoms with Gasteiger partial charge in [-0.3, -0.25) is 9.59 Å². The van der Waals surface area contributed by atoms with Gasteiger partial charge in [0.25, 0.3) is 5.91 Å². The van der Waals surface area contributed by atoms with Crippen molar-refractivity contribution in [2.24, 2.45) is 0 Å². The minimum Gasteiger partial charge on any atom is -0.484 e. The summed E-state index contributed by atoms with van der Waals surface area (Å²) >= 11 is 0. The number of rotatable bonds is 4. The first-order chi connectivity index (χ1) is 9.97. The molecule has 1 aromatic carbocycles. The lowest BCUT2D eigenvalue weighted by molar-refractivity contribution is -0.152. The Morgan fingerprint density at radius 3 is 2.71 bits per heavy atom.